The van der Waals surface area contributed by atoms with Crippen LogP contribution in [-0.2, 0) is 4.79 Å². The molecule has 1 aliphatic rings. The summed E-state index contributed by atoms with van der Waals surface area (Å²) in [4.78, 5) is 12.9. The topological polar surface area (TPSA) is 20.3 Å². The van der Waals surface area contributed by atoms with Crippen molar-refractivity contribution >= 4 is 5.91 Å². The standard InChI is InChI=1S/C13H23F2NO/c1-8(2)10-11(12(4,5)6)13(14,15)7-16(10)9(3)17/h8,10-11H,7H2,1-6H3. The Bertz CT molecular complexity index is 307. The molecule has 0 saturated carbocycles. The molecule has 1 fully saturated rings. The highest BCUT2D eigenvalue weighted by Crippen LogP contribution is 2.49. The van der Waals surface area contributed by atoms with E-state index < -0.39 is 23.8 Å². The molecule has 2 atom stereocenters. The molecule has 0 aromatic carbocycles. The SMILES string of the molecule is CC(=O)N1CC(F)(F)C(C(C)(C)C)C1C(C)C. The number of hydrogen-bond donors (Lipinski definition) is 0. The fraction of sp³-hybridized carbons (Fsp3) is 0.923. The van der Waals surface area contributed by atoms with Crippen LogP contribution in [-0.4, -0.2) is 29.3 Å². The Hall–Kier alpha value is -0.670. The second-order valence-electron chi connectivity index (χ2n) is 6.49. The van der Waals surface area contributed by atoms with Gasteiger partial charge in [0.2, 0.25) is 5.91 Å². The van der Waals surface area contributed by atoms with Crippen LogP contribution in [0.2, 0.25) is 0 Å². The van der Waals surface area contributed by atoms with Crippen molar-refractivity contribution in [2.24, 2.45) is 17.3 Å². The first-order valence-corrected chi connectivity index (χ1v) is 6.13. The van der Waals surface area contributed by atoms with E-state index in [1.807, 2.05) is 34.6 Å². The lowest BCUT2D eigenvalue weighted by atomic mass is 9.72. The van der Waals surface area contributed by atoms with Crippen LogP contribution in [0, 0.1) is 17.3 Å². The average Bonchev–Trinajstić information content (AvgIpc) is 2.35. The highest BCUT2D eigenvalue weighted by Gasteiger charge is 2.59. The summed E-state index contributed by atoms with van der Waals surface area (Å²) in [5, 5.41) is 0. The summed E-state index contributed by atoms with van der Waals surface area (Å²) in [6, 6.07) is -0.373. The summed E-state index contributed by atoms with van der Waals surface area (Å²) >= 11 is 0. The third-order valence-corrected chi connectivity index (χ3v) is 3.56. The van der Waals surface area contributed by atoms with Gasteiger partial charge in [-0.25, -0.2) is 8.78 Å². The first-order chi connectivity index (χ1) is 7.48. The van der Waals surface area contributed by atoms with Gasteiger partial charge in [0.05, 0.1) is 12.5 Å². The molecule has 4 heteroatoms. The van der Waals surface area contributed by atoms with Gasteiger partial charge >= 0.3 is 0 Å². The Balaban J connectivity index is 3.19. The minimum absolute atomic E-state index is 0.0384. The van der Waals surface area contributed by atoms with Crippen molar-refractivity contribution in [2.45, 2.75) is 53.5 Å². The van der Waals surface area contributed by atoms with Gasteiger partial charge in [-0.3, -0.25) is 4.79 Å². The van der Waals surface area contributed by atoms with E-state index in [0.717, 1.165) is 0 Å². The van der Waals surface area contributed by atoms with E-state index in [-0.39, 0.29) is 17.9 Å². The predicted octanol–water partition coefficient (Wildman–Crippen LogP) is 3.17. The average molecular weight is 247 g/mol. The normalized spacial score (nSPS) is 28.9. The molecule has 100 valence electrons. The minimum atomic E-state index is -2.79. The van der Waals surface area contributed by atoms with Gasteiger partial charge in [0.1, 0.15) is 0 Å². The molecule has 1 rings (SSSR count). The Kier molecular flexibility index (Phi) is 3.57. The summed E-state index contributed by atoms with van der Waals surface area (Å²) in [6.07, 6.45) is 0. The Labute approximate surface area is 102 Å². The smallest absolute Gasteiger partial charge is 0.270 e. The van der Waals surface area contributed by atoms with Crippen LogP contribution in [0.15, 0.2) is 0 Å². The van der Waals surface area contributed by atoms with Gasteiger partial charge in [0, 0.05) is 13.0 Å². The lowest BCUT2D eigenvalue weighted by Gasteiger charge is -2.38. The largest absolute Gasteiger partial charge is 0.333 e. The molecule has 1 heterocycles. The van der Waals surface area contributed by atoms with Crippen molar-refractivity contribution < 1.29 is 13.6 Å². The summed E-state index contributed by atoms with van der Waals surface area (Å²) in [7, 11) is 0. The van der Waals surface area contributed by atoms with Crippen LogP contribution < -0.4 is 0 Å². The zero-order valence-electron chi connectivity index (χ0n) is 11.6. The summed E-state index contributed by atoms with van der Waals surface area (Å²) in [5.74, 6) is -3.79. The van der Waals surface area contributed by atoms with Crippen LogP contribution in [0.25, 0.3) is 0 Å². The fourth-order valence-electron chi connectivity index (χ4n) is 3.07. The van der Waals surface area contributed by atoms with Crippen molar-refractivity contribution in [1.29, 1.82) is 0 Å². The van der Waals surface area contributed by atoms with E-state index in [4.69, 9.17) is 0 Å². The van der Waals surface area contributed by atoms with Crippen LogP contribution in [0.3, 0.4) is 0 Å². The van der Waals surface area contributed by atoms with Gasteiger partial charge in [0.15, 0.2) is 0 Å². The van der Waals surface area contributed by atoms with E-state index in [1.165, 1.54) is 11.8 Å². The Morgan fingerprint density at radius 1 is 1.35 bits per heavy atom. The van der Waals surface area contributed by atoms with Gasteiger partial charge in [-0.2, -0.15) is 0 Å². The van der Waals surface area contributed by atoms with Crippen LogP contribution >= 0.6 is 0 Å². The van der Waals surface area contributed by atoms with Crippen molar-refractivity contribution in [2.75, 3.05) is 6.54 Å². The molecule has 0 N–H and O–H groups in total. The van der Waals surface area contributed by atoms with Crippen molar-refractivity contribution in [3.05, 3.63) is 0 Å². The van der Waals surface area contributed by atoms with Gasteiger partial charge in [-0.15, -0.1) is 0 Å². The number of rotatable bonds is 1. The fourth-order valence-corrected chi connectivity index (χ4v) is 3.07. The molecule has 0 aliphatic carbocycles. The molecule has 1 aliphatic heterocycles. The van der Waals surface area contributed by atoms with E-state index in [0.29, 0.717) is 0 Å². The molecule has 2 nitrogen and oxygen atoms in total. The molecule has 1 amide bonds. The zero-order chi connectivity index (χ0) is 13.6. The van der Waals surface area contributed by atoms with Crippen LogP contribution in [0.4, 0.5) is 8.78 Å². The third kappa shape index (κ3) is 2.61. The van der Waals surface area contributed by atoms with Crippen molar-refractivity contribution in [1.82, 2.24) is 4.90 Å². The maximum Gasteiger partial charge on any atom is 0.270 e. The first-order valence-electron chi connectivity index (χ1n) is 6.13. The van der Waals surface area contributed by atoms with E-state index in [1.54, 1.807) is 0 Å². The lowest BCUT2D eigenvalue weighted by Crippen LogP contribution is -2.45. The number of alkyl halides is 2. The molecule has 0 aromatic heterocycles. The maximum atomic E-state index is 14.1. The van der Waals surface area contributed by atoms with Crippen LogP contribution in [0.5, 0.6) is 0 Å². The monoisotopic (exact) mass is 247 g/mol. The molecule has 0 bridgehead atoms. The number of halogens is 2. The molecule has 2 unspecified atom stereocenters. The molecule has 0 radical (unpaired) electrons. The molecule has 17 heavy (non-hydrogen) atoms. The Morgan fingerprint density at radius 3 is 2.12 bits per heavy atom. The lowest BCUT2D eigenvalue weighted by molar-refractivity contribution is -0.131. The summed E-state index contributed by atoms with van der Waals surface area (Å²) < 4.78 is 28.3. The molecular weight excluding hydrogens is 224 g/mol. The maximum absolute atomic E-state index is 14.1. The van der Waals surface area contributed by atoms with Crippen LogP contribution in [0.1, 0.15) is 41.5 Å². The third-order valence-electron chi connectivity index (χ3n) is 3.56. The van der Waals surface area contributed by atoms with Gasteiger partial charge in [0.25, 0.3) is 5.92 Å². The first kappa shape index (κ1) is 14.4. The van der Waals surface area contributed by atoms with E-state index in [9.17, 15) is 13.6 Å². The molecular formula is C13H23F2NO. The number of likely N-dealkylation sites (tertiary alicyclic amines) is 1. The number of carbonyl (C=O) groups excluding carboxylic acids is 1. The second-order valence-corrected chi connectivity index (χ2v) is 6.49. The van der Waals surface area contributed by atoms with Crippen molar-refractivity contribution in [3.8, 4) is 0 Å². The number of amides is 1. The van der Waals surface area contributed by atoms with E-state index in [2.05, 4.69) is 0 Å². The highest BCUT2D eigenvalue weighted by atomic mass is 19.3. The van der Waals surface area contributed by atoms with Gasteiger partial charge in [-0.1, -0.05) is 34.6 Å². The summed E-state index contributed by atoms with van der Waals surface area (Å²) in [6.45, 7) is 10.2. The van der Waals surface area contributed by atoms with E-state index >= 15 is 0 Å². The molecule has 0 aromatic rings. The van der Waals surface area contributed by atoms with Gasteiger partial charge < -0.3 is 4.90 Å². The summed E-state index contributed by atoms with van der Waals surface area (Å²) in [5.41, 5.74) is -0.511. The molecule has 0 spiro atoms. The Morgan fingerprint density at radius 2 is 1.82 bits per heavy atom. The molecule has 1 saturated heterocycles. The highest BCUT2D eigenvalue weighted by molar-refractivity contribution is 5.74. The van der Waals surface area contributed by atoms with Crippen molar-refractivity contribution in [3.63, 3.8) is 0 Å². The number of carbonyl (C=O) groups is 1. The van der Waals surface area contributed by atoms with Gasteiger partial charge in [-0.05, 0) is 11.3 Å². The predicted molar refractivity (Wildman–Crippen MR) is 63.9 cm³/mol. The quantitative estimate of drug-likeness (QED) is 0.697. The second kappa shape index (κ2) is 4.21. The number of nitrogens with zero attached hydrogens (tertiary/aromatic N) is 1. The zero-order valence-corrected chi connectivity index (χ0v) is 11.6. The minimum Gasteiger partial charge on any atom is -0.333 e. The number of hydrogen-bond acceptors (Lipinski definition) is 1.